The van der Waals surface area contributed by atoms with E-state index in [0.29, 0.717) is 17.5 Å². The summed E-state index contributed by atoms with van der Waals surface area (Å²) in [6.45, 7) is 0. The van der Waals surface area contributed by atoms with Crippen LogP contribution in [-0.2, 0) is 0 Å². The van der Waals surface area contributed by atoms with E-state index in [0.717, 1.165) is 17.7 Å². The van der Waals surface area contributed by atoms with Gasteiger partial charge >= 0.3 is 0 Å². The lowest BCUT2D eigenvalue weighted by Crippen LogP contribution is -2.41. The number of H-pyrrole nitrogens is 1. The summed E-state index contributed by atoms with van der Waals surface area (Å²) in [4.78, 5) is 24.0. The minimum absolute atomic E-state index is 0.0894. The minimum atomic E-state index is -0.899. The number of methoxy groups -OCH3 is 1. The van der Waals surface area contributed by atoms with Crippen molar-refractivity contribution in [3.63, 3.8) is 0 Å². The van der Waals surface area contributed by atoms with Gasteiger partial charge in [-0.25, -0.2) is 8.78 Å². The first kappa shape index (κ1) is 18.1. The monoisotopic (exact) mass is 372 g/mol. The second-order valence-corrected chi connectivity index (χ2v) is 5.46. The molecule has 27 heavy (non-hydrogen) atoms. The Bertz CT molecular complexity index is 966. The maximum Gasteiger partial charge on any atom is 0.287 e. The molecule has 3 N–H and O–H groups in total. The van der Waals surface area contributed by atoms with E-state index in [1.165, 1.54) is 6.07 Å². The number of rotatable bonds is 4. The largest absolute Gasteiger partial charge is 0.497 e. The number of carbonyl (C=O) groups is 2. The van der Waals surface area contributed by atoms with E-state index in [9.17, 15) is 18.4 Å². The van der Waals surface area contributed by atoms with Gasteiger partial charge in [-0.3, -0.25) is 25.5 Å². The van der Waals surface area contributed by atoms with Crippen LogP contribution in [0.2, 0.25) is 0 Å². The van der Waals surface area contributed by atoms with E-state index in [1.54, 1.807) is 31.4 Å². The van der Waals surface area contributed by atoms with E-state index in [2.05, 4.69) is 21.0 Å². The van der Waals surface area contributed by atoms with E-state index in [4.69, 9.17) is 4.74 Å². The number of amides is 2. The van der Waals surface area contributed by atoms with Gasteiger partial charge in [0.2, 0.25) is 0 Å². The lowest BCUT2D eigenvalue weighted by atomic mass is 10.1. The maximum atomic E-state index is 13.1. The highest BCUT2D eigenvalue weighted by molar-refractivity contribution is 5.98. The average molecular weight is 372 g/mol. The number of halogens is 2. The Morgan fingerprint density at radius 3 is 2.22 bits per heavy atom. The molecule has 3 rings (SSSR count). The standard InChI is InChI=1S/C18H14F2N4O3/c1-27-14-4-2-10(3-5-14)15-9-16(22-21-15)18(26)24-23-17(25)11-6-12(19)8-13(20)7-11/h2-9H,1H3,(H,21,22)(H,23,25)(H,24,26). The van der Waals surface area contributed by atoms with Gasteiger partial charge in [0.15, 0.2) is 0 Å². The highest BCUT2D eigenvalue weighted by Crippen LogP contribution is 2.21. The lowest BCUT2D eigenvalue weighted by Gasteiger charge is -2.06. The Morgan fingerprint density at radius 1 is 0.963 bits per heavy atom. The van der Waals surface area contributed by atoms with Crippen molar-refractivity contribution in [3.8, 4) is 17.0 Å². The van der Waals surface area contributed by atoms with Crippen molar-refractivity contribution in [3.05, 3.63) is 71.4 Å². The molecule has 138 valence electrons. The van der Waals surface area contributed by atoms with E-state index < -0.39 is 23.4 Å². The summed E-state index contributed by atoms with van der Waals surface area (Å²) >= 11 is 0. The van der Waals surface area contributed by atoms with Crippen molar-refractivity contribution in [2.75, 3.05) is 7.11 Å². The topological polar surface area (TPSA) is 96.1 Å². The zero-order valence-electron chi connectivity index (χ0n) is 14.0. The van der Waals surface area contributed by atoms with Crippen LogP contribution in [0, 0.1) is 11.6 Å². The third kappa shape index (κ3) is 4.27. The van der Waals surface area contributed by atoms with Crippen LogP contribution in [0.15, 0.2) is 48.5 Å². The van der Waals surface area contributed by atoms with E-state index in [1.807, 2.05) is 0 Å². The molecule has 0 aliphatic rings. The normalized spacial score (nSPS) is 10.3. The van der Waals surface area contributed by atoms with Crippen molar-refractivity contribution in [1.29, 1.82) is 0 Å². The summed E-state index contributed by atoms with van der Waals surface area (Å²) in [6.07, 6.45) is 0. The number of carbonyl (C=O) groups excluding carboxylic acids is 2. The van der Waals surface area contributed by atoms with Gasteiger partial charge < -0.3 is 4.74 Å². The number of aromatic nitrogens is 2. The Hall–Kier alpha value is -3.75. The summed E-state index contributed by atoms with van der Waals surface area (Å²) in [5.74, 6) is -2.65. The second kappa shape index (κ2) is 7.65. The Kier molecular flexibility index (Phi) is 5.11. The fourth-order valence-corrected chi connectivity index (χ4v) is 2.29. The van der Waals surface area contributed by atoms with Gasteiger partial charge in [-0.15, -0.1) is 0 Å². The van der Waals surface area contributed by atoms with Gasteiger partial charge in [-0.2, -0.15) is 5.10 Å². The second-order valence-electron chi connectivity index (χ2n) is 5.46. The van der Waals surface area contributed by atoms with Gasteiger partial charge in [-0.1, -0.05) is 0 Å². The molecule has 2 amide bonds. The molecule has 2 aromatic carbocycles. The third-order valence-electron chi connectivity index (χ3n) is 3.62. The third-order valence-corrected chi connectivity index (χ3v) is 3.62. The van der Waals surface area contributed by atoms with Gasteiger partial charge in [0.05, 0.1) is 12.8 Å². The molecule has 7 nitrogen and oxygen atoms in total. The SMILES string of the molecule is COc1ccc(-c2cc(C(=O)NNC(=O)c3cc(F)cc(F)c3)[nH]n2)cc1. The van der Waals surface area contributed by atoms with Crippen LogP contribution in [0.3, 0.4) is 0 Å². The number of hydrazine groups is 1. The maximum absolute atomic E-state index is 13.1. The van der Waals surface area contributed by atoms with Crippen molar-refractivity contribution in [2.45, 2.75) is 0 Å². The van der Waals surface area contributed by atoms with Crippen molar-refractivity contribution < 1.29 is 23.1 Å². The molecule has 3 aromatic rings. The Morgan fingerprint density at radius 2 is 1.59 bits per heavy atom. The molecule has 1 heterocycles. The predicted molar refractivity (Wildman–Crippen MR) is 91.9 cm³/mol. The van der Waals surface area contributed by atoms with Crippen LogP contribution in [0.4, 0.5) is 8.78 Å². The first-order valence-electron chi connectivity index (χ1n) is 7.73. The fraction of sp³-hybridized carbons (Fsp3) is 0.0556. The number of nitrogens with one attached hydrogen (secondary N) is 3. The molecule has 9 heteroatoms. The zero-order chi connectivity index (χ0) is 19.4. The molecule has 0 radical (unpaired) electrons. The van der Waals surface area contributed by atoms with Crippen molar-refractivity contribution in [2.24, 2.45) is 0 Å². The molecule has 0 saturated heterocycles. The summed E-state index contributed by atoms with van der Waals surface area (Å²) in [6, 6.07) is 10.9. The first-order valence-corrected chi connectivity index (χ1v) is 7.73. The van der Waals surface area contributed by atoms with E-state index >= 15 is 0 Å². The Balaban J connectivity index is 1.64. The van der Waals surface area contributed by atoms with Crippen LogP contribution in [0.5, 0.6) is 5.75 Å². The molecule has 0 atom stereocenters. The predicted octanol–water partition coefficient (Wildman–Crippen LogP) is 2.44. The molecular formula is C18H14F2N4O3. The quantitative estimate of drug-likeness (QED) is 0.613. The van der Waals surface area contributed by atoms with Crippen molar-refractivity contribution in [1.82, 2.24) is 21.0 Å². The van der Waals surface area contributed by atoms with Crippen LogP contribution in [0.25, 0.3) is 11.3 Å². The summed E-state index contributed by atoms with van der Waals surface area (Å²) < 4.78 is 31.3. The molecule has 0 saturated carbocycles. The molecule has 0 spiro atoms. The first-order chi connectivity index (χ1) is 13.0. The van der Waals surface area contributed by atoms with Gasteiger partial charge in [0.1, 0.15) is 23.1 Å². The molecule has 0 unspecified atom stereocenters. The number of benzene rings is 2. The number of nitrogens with zero attached hydrogens (tertiary/aromatic N) is 1. The molecule has 0 bridgehead atoms. The number of hydrogen-bond acceptors (Lipinski definition) is 4. The molecule has 1 aromatic heterocycles. The number of aromatic amines is 1. The fourth-order valence-electron chi connectivity index (χ4n) is 2.29. The highest BCUT2D eigenvalue weighted by Gasteiger charge is 2.14. The molecule has 0 aliphatic heterocycles. The van der Waals surface area contributed by atoms with Crippen LogP contribution in [-0.4, -0.2) is 29.1 Å². The zero-order valence-corrected chi connectivity index (χ0v) is 14.0. The average Bonchev–Trinajstić information content (AvgIpc) is 3.15. The van der Waals surface area contributed by atoms with Gasteiger partial charge in [0.25, 0.3) is 11.8 Å². The van der Waals surface area contributed by atoms with E-state index in [-0.39, 0.29) is 11.3 Å². The lowest BCUT2D eigenvalue weighted by molar-refractivity contribution is 0.0843. The molecule has 0 aliphatic carbocycles. The minimum Gasteiger partial charge on any atom is -0.497 e. The van der Waals surface area contributed by atoms with Crippen molar-refractivity contribution >= 4 is 11.8 Å². The smallest absolute Gasteiger partial charge is 0.287 e. The summed E-state index contributed by atoms with van der Waals surface area (Å²) in [5, 5.41) is 6.58. The van der Waals surface area contributed by atoms with Gasteiger partial charge in [0, 0.05) is 17.2 Å². The molecule has 0 fully saturated rings. The van der Waals surface area contributed by atoms with Crippen LogP contribution < -0.4 is 15.6 Å². The number of ether oxygens (including phenoxy) is 1. The van der Waals surface area contributed by atoms with Crippen LogP contribution >= 0.6 is 0 Å². The van der Waals surface area contributed by atoms with Gasteiger partial charge in [-0.05, 0) is 42.5 Å². The highest BCUT2D eigenvalue weighted by atomic mass is 19.1. The molecular weight excluding hydrogens is 358 g/mol. The van der Waals surface area contributed by atoms with Crippen LogP contribution in [0.1, 0.15) is 20.8 Å². The Labute approximate surface area is 152 Å². The number of hydrogen-bond donors (Lipinski definition) is 3. The summed E-state index contributed by atoms with van der Waals surface area (Å²) in [5.41, 5.74) is 5.32. The summed E-state index contributed by atoms with van der Waals surface area (Å²) in [7, 11) is 1.55.